The van der Waals surface area contributed by atoms with Crippen molar-refractivity contribution in [3.63, 3.8) is 0 Å². The molecule has 2 aliphatic carbocycles. The highest BCUT2D eigenvalue weighted by Gasteiger charge is 2.48. The zero-order valence-electron chi connectivity index (χ0n) is 18.3. The Labute approximate surface area is 184 Å². The lowest BCUT2D eigenvalue weighted by atomic mass is 9.51. The summed E-state index contributed by atoms with van der Waals surface area (Å²) >= 11 is 0. The summed E-state index contributed by atoms with van der Waals surface area (Å²) in [5, 5.41) is 29.6. The summed E-state index contributed by atoms with van der Waals surface area (Å²) in [5.74, 6) is 0.754. The standard InChI is InChI=1S/C27H34O4/c1-17-3-6-20(24-13-23(29)26(30)25(16-28)31-24)12-21(17)11-18-4-7-19(8-5-18)22-14-27(15-22)9-2-10-27/h3-8,12,22-26,28-30H,2,9-11,13-16H2,1H3/t23?,24-,25?,26-/m0/s1. The summed E-state index contributed by atoms with van der Waals surface area (Å²) in [6.45, 7) is 1.82. The van der Waals surface area contributed by atoms with Crippen LogP contribution in [0.3, 0.4) is 0 Å². The first kappa shape index (κ1) is 21.1. The van der Waals surface area contributed by atoms with E-state index in [-0.39, 0.29) is 12.7 Å². The van der Waals surface area contributed by atoms with Gasteiger partial charge >= 0.3 is 0 Å². The SMILES string of the molecule is Cc1ccc([C@@H]2CC(O)[C@H](O)C(CO)O2)cc1Cc1ccc(C2CC3(CCC3)C2)cc1. The van der Waals surface area contributed by atoms with Crippen molar-refractivity contribution in [1.29, 1.82) is 0 Å². The van der Waals surface area contributed by atoms with Crippen LogP contribution in [0.2, 0.25) is 0 Å². The van der Waals surface area contributed by atoms with E-state index in [0.29, 0.717) is 11.8 Å². The minimum atomic E-state index is -1.04. The highest BCUT2D eigenvalue weighted by molar-refractivity contribution is 5.38. The zero-order chi connectivity index (χ0) is 21.6. The van der Waals surface area contributed by atoms with Crippen molar-refractivity contribution in [3.05, 3.63) is 70.3 Å². The molecule has 3 fully saturated rings. The van der Waals surface area contributed by atoms with Crippen molar-refractivity contribution in [2.75, 3.05) is 6.61 Å². The molecule has 3 aliphatic rings. The zero-order valence-corrected chi connectivity index (χ0v) is 18.3. The van der Waals surface area contributed by atoms with Gasteiger partial charge in [0.2, 0.25) is 0 Å². The van der Waals surface area contributed by atoms with E-state index in [4.69, 9.17) is 4.74 Å². The second-order valence-electron chi connectivity index (χ2n) is 10.2. The molecule has 4 heteroatoms. The maximum atomic E-state index is 10.2. The van der Waals surface area contributed by atoms with E-state index in [0.717, 1.165) is 17.9 Å². The van der Waals surface area contributed by atoms with Gasteiger partial charge in [-0.05, 0) is 78.2 Å². The molecule has 2 unspecified atom stereocenters. The molecule has 2 aromatic carbocycles. The Kier molecular flexibility index (Phi) is 5.68. The molecular weight excluding hydrogens is 388 g/mol. The van der Waals surface area contributed by atoms with Gasteiger partial charge < -0.3 is 20.1 Å². The van der Waals surface area contributed by atoms with Crippen molar-refractivity contribution < 1.29 is 20.1 Å². The lowest BCUT2D eigenvalue weighted by Crippen LogP contribution is -2.47. The molecule has 3 N–H and O–H groups in total. The fourth-order valence-electron chi connectivity index (χ4n) is 5.84. The molecule has 4 nitrogen and oxygen atoms in total. The van der Waals surface area contributed by atoms with Crippen molar-refractivity contribution in [2.24, 2.45) is 5.41 Å². The molecular formula is C27H34O4. The van der Waals surface area contributed by atoms with E-state index in [2.05, 4.69) is 43.3 Å². The molecule has 4 atom stereocenters. The van der Waals surface area contributed by atoms with E-state index >= 15 is 0 Å². The molecule has 1 saturated heterocycles. The van der Waals surface area contributed by atoms with Crippen molar-refractivity contribution in [2.45, 2.75) is 82.2 Å². The quantitative estimate of drug-likeness (QED) is 0.676. The summed E-state index contributed by atoms with van der Waals surface area (Å²) in [6.07, 6.45) is 5.25. The maximum absolute atomic E-state index is 10.2. The molecule has 2 saturated carbocycles. The van der Waals surface area contributed by atoms with Crippen LogP contribution in [0.4, 0.5) is 0 Å². The van der Waals surface area contributed by atoms with Crippen LogP contribution in [0.1, 0.15) is 78.4 Å². The number of ether oxygens (including phenoxy) is 1. The van der Waals surface area contributed by atoms with Gasteiger partial charge in [0.05, 0.1) is 18.8 Å². The molecule has 1 heterocycles. The number of aliphatic hydroxyl groups is 3. The Bertz CT molecular complexity index is 909. The molecule has 166 valence electrons. The fraction of sp³-hybridized carbons (Fsp3) is 0.556. The number of hydrogen-bond donors (Lipinski definition) is 3. The summed E-state index contributed by atoms with van der Waals surface area (Å²) in [5.41, 5.74) is 6.96. The monoisotopic (exact) mass is 422 g/mol. The first-order valence-electron chi connectivity index (χ1n) is 11.8. The van der Waals surface area contributed by atoms with Gasteiger partial charge in [0.1, 0.15) is 12.2 Å². The largest absolute Gasteiger partial charge is 0.394 e. The Hall–Kier alpha value is -1.72. The second-order valence-corrected chi connectivity index (χ2v) is 10.2. The molecule has 2 aromatic rings. The van der Waals surface area contributed by atoms with Crippen molar-refractivity contribution in [1.82, 2.24) is 0 Å². The Morgan fingerprint density at radius 2 is 1.71 bits per heavy atom. The second kappa shape index (κ2) is 8.32. The van der Waals surface area contributed by atoms with E-state index in [1.165, 1.54) is 54.4 Å². The van der Waals surface area contributed by atoms with Crippen LogP contribution in [0.15, 0.2) is 42.5 Å². The Morgan fingerprint density at radius 1 is 1.00 bits per heavy atom. The van der Waals surface area contributed by atoms with Gasteiger partial charge in [-0.15, -0.1) is 0 Å². The molecule has 1 aliphatic heterocycles. The van der Waals surface area contributed by atoms with Crippen LogP contribution in [-0.2, 0) is 11.2 Å². The number of rotatable bonds is 5. The molecule has 0 radical (unpaired) electrons. The van der Waals surface area contributed by atoms with Gasteiger partial charge in [0.15, 0.2) is 0 Å². The van der Waals surface area contributed by atoms with Gasteiger partial charge in [-0.25, -0.2) is 0 Å². The highest BCUT2D eigenvalue weighted by Crippen LogP contribution is 2.61. The first-order chi connectivity index (χ1) is 15.0. The topological polar surface area (TPSA) is 69.9 Å². The third-order valence-corrected chi connectivity index (χ3v) is 8.11. The van der Waals surface area contributed by atoms with Gasteiger partial charge in [-0.3, -0.25) is 0 Å². The van der Waals surface area contributed by atoms with Gasteiger partial charge in [0, 0.05) is 6.42 Å². The third-order valence-electron chi connectivity index (χ3n) is 8.11. The number of aryl methyl sites for hydroxylation is 1. The van der Waals surface area contributed by atoms with Crippen LogP contribution >= 0.6 is 0 Å². The first-order valence-corrected chi connectivity index (χ1v) is 11.8. The predicted molar refractivity (Wildman–Crippen MR) is 120 cm³/mol. The molecule has 0 amide bonds. The molecule has 31 heavy (non-hydrogen) atoms. The molecule has 0 bridgehead atoms. The van der Waals surface area contributed by atoms with Crippen LogP contribution in [0.5, 0.6) is 0 Å². The van der Waals surface area contributed by atoms with Crippen LogP contribution in [-0.4, -0.2) is 40.2 Å². The minimum Gasteiger partial charge on any atom is -0.394 e. The Morgan fingerprint density at radius 3 is 2.35 bits per heavy atom. The van der Waals surface area contributed by atoms with Crippen molar-refractivity contribution in [3.8, 4) is 0 Å². The fourth-order valence-corrected chi connectivity index (χ4v) is 5.84. The van der Waals surface area contributed by atoms with Crippen LogP contribution in [0, 0.1) is 12.3 Å². The van der Waals surface area contributed by atoms with Crippen LogP contribution < -0.4 is 0 Å². The smallest absolute Gasteiger partial charge is 0.110 e. The Balaban J connectivity index is 1.27. The summed E-state index contributed by atoms with van der Waals surface area (Å²) < 4.78 is 5.88. The highest BCUT2D eigenvalue weighted by atomic mass is 16.5. The summed E-state index contributed by atoms with van der Waals surface area (Å²) in [7, 11) is 0. The average Bonchev–Trinajstić information content (AvgIpc) is 2.70. The maximum Gasteiger partial charge on any atom is 0.110 e. The summed E-state index contributed by atoms with van der Waals surface area (Å²) in [6, 6.07) is 15.5. The lowest BCUT2D eigenvalue weighted by molar-refractivity contribution is -0.181. The normalized spacial score (nSPS) is 30.1. The van der Waals surface area contributed by atoms with Crippen LogP contribution in [0.25, 0.3) is 0 Å². The van der Waals surface area contributed by atoms with Gasteiger partial charge in [-0.2, -0.15) is 0 Å². The number of benzene rings is 2. The molecule has 5 rings (SSSR count). The van der Waals surface area contributed by atoms with E-state index in [1.54, 1.807) is 0 Å². The molecule has 0 aromatic heterocycles. The van der Waals surface area contributed by atoms with Gasteiger partial charge in [-0.1, -0.05) is 48.9 Å². The summed E-state index contributed by atoms with van der Waals surface area (Å²) in [4.78, 5) is 0. The van der Waals surface area contributed by atoms with E-state index in [1.807, 2.05) is 6.07 Å². The van der Waals surface area contributed by atoms with E-state index in [9.17, 15) is 15.3 Å². The average molecular weight is 423 g/mol. The lowest BCUT2D eigenvalue weighted by Gasteiger charge is -2.54. The third kappa shape index (κ3) is 4.07. The van der Waals surface area contributed by atoms with E-state index < -0.39 is 18.3 Å². The number of aliphatic hydroxyl groups excluding tert-OH is 3. The van der Waals surface area contributed by atoms with Gasteiger partial charge in [0.25, 0.3) is 0 Å². The van der Waals surface area contributed by atoms with Crippen molar-refractivity contribution >= 4 is 0 Å². The number of hydrogen-bond acceptors (Lipinski definition) is 4. The predicted octanol–water partition coefficient (Wildman–Crippen LogP) is 4.18. The molecule has 1 spiro atoms. The minimum absolute atomic E-state index is 0.304.